The summed E-state index contributed by atoms with van der Waals surface area (Å²) in [6, 6.07) is 1.92. The molecule has 8 heteroatoms. The molecule has 0 saturated heterocycles. The zero-order valence-electron chi connectivity index (χ0n) is 14.3. The summed E-state index contributed by atoms with van der Waals surface area (Å²) in [6.07, 6.45) is 6.87. The van der Waals surface area contributed by atoms with Crippen molar-refractivity contribution in [3.8, 4) is 0 Å². The molecule has 1 heterocycles. The van der Waals surface area contributed by atoms with Crippen molar-refractivity contribution in [2.75, 3.05) is 33.7 Å². The maximum Gasteiger partial charge on any atom is 0.243 e. The van der Waals surface area contributed by atoms with E-state index in [2.05, 4.69) is 27.6 Å². The summed E-state index contributed by atoms with van der Waals surface area (Å²) < 4.78 is 1.90. The number of aryl methyl sites for hydroxylation is 1. The van der Waals surface area contributed by atoms with Crippen LogP contribution in [0.4, 0.5) is 0 Å². The highest BCUT2D eigenvalue weighted by molar-refractivity contribution is 14.0. The van der Waals surface area contributed by atoms with Crippen LogP contribution in [0.2, 0.25) is 0 Å². The van der Waals surface area contributed by atoms with Gasteiger partial charge in [-0.1, -0.05) is 13.3 Å². The summed E-state index contributed by atoms with van der Waals surface area (Å²) >= 11 is 0. The fourth-order valence-electron chi connectivity index (χ4n) is 1.73. The van der Waals surface area contributed by atoms with Gasteiger partial charge in [0.1, 0.15) is 6.54 Å². The lowest BCUT2D eigenvalue weighted by Gasteiger charge is -2.13. The van der Waals surface area contributed by atoms with E-state index in [0.717, 1.165) is 38.9 Å². The Morgan fingerprint density at radius 3 is 2.52 bits per heavy atom. The van der Waals surface area contributed by atoms with Gasteiger partial charge >= 0.3 is 0 Å². The summed E-state index contributed by atoms with van der Waals surface area (Å²) in [6.45, 7) is 4.81. The van der Waals surface area contributed by atoms with Crippen molar-refractivity contribution in [2.45, 2.75) is 32.7 Å². The summed E-state index contributed by atoms with van der Waals surface area (Å²) in [5, 5.41) is 10.7. The minimum Gasteiger partial charge on any atom is -0.356 e. The average Bonchev–Trinajstić information content (AvgIpc) is 3.01. The Morgan fingerprint density at radius 2 is 1.96 bits per heavy atom. The normalized spacial score (nSPS) is 10.8. The van der Waals surface area contributed by atoms with Gasteiger partial charge in [-0.2, -0.15) is 5.10 Å². The predicted molar refractivity (Wildman–Crippen MR) is 104 cm³/mol. The van der Waals surface area contributed by atoms with Crippen LogP contribution in [0.3, 0.4) is 0 Å². The van der Waals surface area contributed by atoms with Gasteiger partial charge in [0.15, 0.2) is 5.96 Å². The Morgan fingerprint density at radius 1 is 1.26 bits per heavy atom. The van der Waals surface area contributed by atoms with E-state index in [-0.39, 0.29) is 36.4 Å². The van der Waals surface area contributed by atoms with Crippen molar-refractivity contribution in [1.82, 2.24) is 25.3 Å². The number of hydrogen-bond acceptors (Lipinski definition) is 3. The molecule has 132 valence electrons. The van der Waals surface area contributed by atoms with Gasteiger partial charge in [-0.15, -0.1) is 24.0 Å². The molecule has 0 bridgehead atoms. The molecular formula is C15H29IN6O. The lowest BCUT2D eigenvalue weighted by atomic mass is 10.3. The van der Waals surface area contributed by atoms with Crippen LogP contribution in [-0.4, -0.2) is 60.3 Å². The number of halogens is 1. The van der Waals surface area contributed by atoms with Crippen LogP contribution in [0.25, 0.3) is 0 Å². The second kappa shape index (κ2) is 13.1. The van der Waals surface area contributed by atoms with Gasteiger partial charge in [-0.25, -0.2) is 4.99 Å². The zero-order chi connectivity index (χ0) is 16.2. The first kappa shape index (κ1) is 21.7. The number of hydrogen-bond donors (Lipinski definition) is 2. The molecule has 1 rings (SSSR count). The van der Waals surface area contributed by atoms with Gasteiger partial charge in [0, 0.05) is 46.1 Å². The molecule has 0 radical (unpaired) electrons. The molecule has 23 heavy (non-hydrogen) atoms. The summed E-state index contributed by atoms with van der Waals surface area (Å²) in [5.74, 6) is 0.692. The average molecular weight is 436 g/mol. The van der Waals surface area contributed by atoms with Gasteiger partial charge in [0.25, 0.3) is 0 Å². The highest BCUT2D eigenvalue weighted by Gasteiger charge is 2.04. The van der Waals surface area contributed by atoms with E-state index in [4.69, 9.17) is 0 Å². The van der Waals surface area contributed by atoms with E-state index in [1.165, 1.54) is 0 Å². The molecule has 0 spiro atoms. The number of nitrogens with one attached hydrogen (secondary N) is 2. The number of rotatable bonds is 9. The van der Waals surface area contributed by atoms with Crippen LogP contribution in [-0.2, 0) is 11.3 Å². The zero-order valence-corrected chi connectivity index (χ0v) is 16.6. The summed E-state index contributed by atoms with van der Waals surface area (Å²) in [5.41, 5.74) is 0. The molecule has 2 N–H and O–H groups in total. The van der Waals surface area contributed by atoms with Gasteiger partial charge < -0.3 is 15.5 Å². The Hall–Kier alpha value is -1.32. The molecular weight excluding hydrogens is 407 g/mol. The third-order valence-corrected chi connectivity index (χ3v) is 3.11. The van der Waals surface area contributed by atoms with Gasteiger partial charge in [-0.05, 0) is 18.9 Å². The Bertz CT molecular complexity index is 447. The fourth-order valence-corrected chi connectivity index (χ4v) is 1.73. The number of aromatic nitrogens is 2. The molecule has 0 atom stereocenters. The quantitative estimate of drug-likeness (QED) is 0.265. The third-order valence-electron chi connectivity index (χ3n) is 3.11. The lowest BCUT2D eigenvalue weighted by molar-refractivity contribution is -0.127. The van der Waals surface area contributed by atoms with Crippen molar-refractivity contribution < 1.29 is 4.79 Å². The number of amides is 1. The smallest absolute Gasteiger partial charge is 0.243 e. The molecule has 0 aliphatic rings. The van der Waals surface area contributed by atoms with Crippen LogP contribution < -0.4 is 10.6 Å². The van der Waals surface area contributed by atoms with Gasteiger partial charge in [-0.3, -0.25) is 9.48 Å². The number of guanidine groups is 1. The van der Waals surface area contributed by atoms with Crippen molar-refractivity contribution in [3.63, 3.8) is 0 Å². The highest BCUT2D eigenvalue weighted by atomic mass is 127. The molecule has 7 nitrogen and oxygen atoms in total. The van der Waals surface area contributed by atoms with Crippen molar-refractivity contribution in [3.05, 3.63) is 18.5 Å². The van der Waals surface area contributed by atoms with Crippen LogP contribution >= 0.6 is 24.0 Å². The molecule has 0 saturated carbocycles. The lowest BCUT2D eigenvalue weighted by Crippen LogP contribution is -2.39. The number of unbranched alkanes of at least 4 members (excludes halogenated alkanes) is 1. The number of aliphatic imine (C=N–C) groups is 1. The molecule has 1 aromatic rings. The Kier molecular flexibility index (Phi) is 12.4. The molecule has 0 aliphatic carbocycles. The standard InChI is InChI=1S/C15H28N6O.HI/c1-4-5-8-16-15(18-13-14(22)20(2)3)17-9-6-11-21-12-7-10-19-21;/h7,10,12H,4-6,8-9,11,13H2,1-3H3,(H2,16,17,18);1H. The van der Waals surface area contributed by atoms with E-state index >= 15 is 0 Å². The van der Waals surface area contributed by atoms with Crippen LogP contribution in [0, 0.1) is 0 Å². The van der Waals surface area contributed by atoms with E-state index in [0.29, 0.717) is 5.96 Å². The number of nitrogens with zero attached hydrogens (tertiary/aromatic N) is 4. The first-order valence-corrected chi connectivity index (χ1v) is 7.83. The van der Waals surface area contributed by atoms with Crippen LogP contribution in [0.1, 0.15) is 26.2 Å². The van der Waals surface area contributed by atoms with Crippen molar-refractivity contribution >= 4 is 35.8 Å². The number of carbonyl (C=O) groups excluding carboxylic acids is 1. The first-order chi connectivity index (χ1) is 10.6. The van der Waals surface area contributed by atoms with Crippen molar-refractivity contribution in [2.24, 2.45) is 4.99 Å². The van der Waals surface area contributed by atoms with Crippen LogP contribution in [0.5, 0.6) is 0 Å². The minimum atomic E-state index is -0.00636. The van der Waals surface area contributed by atoms with E-state index < -0.39 is 0 Å². The maximum absolute atomic E-state index is 11.6. The van der Waals surface area contributed by atoms with Gasteiger partial charge in [0.2, 0.25) is 5.91 Å². The second-order valence-corrected chi connectivity index (χ2v) is 5.28. The largest absolute Gasteiger partial charge is 0.356 e. The molecule has 0 fully saturated rings. The van der Waals surface area contributed by atoms with Crippen LogP contribution in [0.15, 0.2) is 23.5 Å². The monoisotopic (exact) mass is 436 g/mol. The summed E-state index contributed by atoms with van der Waals surface area (Å²) in [4.78, 5) is 17.5. The Labute approximate surface area is 155 Å². The molecule has 1 amide bonds. The van der Waals surface area contributed by atoms with Crippen molar-refractivity contribution in [1.29, 1.82) is 0 Å². The highest BCUT2D eigenvalue weighted by Crippen LogP contribution is 1.89. The number of carbonyl (C=O) groups is 1. The maximum atomic E-state index is 11.6. The molecule has 0 aromatic carbocycles. The SMILES string of the molecule is CCCCNC(=NCC(=O)N(C)C)NCCCn1cccn1.I. The topological polar surface area (TPSA) is 74.6 Å². The predicted octanol–water partition coefficient (Wildman–Crippen LogP) is 1.31. The van der Waals surface area contributed by atoms with E-state index in [9.17, 15) is 4.79 Å². The number of likely N-dealkylation sites (N-methyl/N-ethyl adjacent to an activating group) is 1. The molecule has 1 aromatic heterocycles. The van der Waals surface area contributed by atoms with E-state index in [1.54, 1.807) is 25.2 Å². The first-order valence-electron chi connectivity index (χ1n) is 7.83. The fraction of sp³-hybridized carbons (Fsp3) is 0.667. The van der Waals surface area contributed by atoms with Gasteiger partial charge in [0.05, 0.1) is 0 Å². The second-order valence-electron chi connectivity index (χ2n) is 5.28. The third kappa shape index (κ3) is 10.1. The van der Waals surface area contributed by atoms with E-state index in [1.807, 2.05) is 16.9 Å². The molecule has 0 aliphatic heterocycles. The summed E-state index contributed by atoms with van der Waals surface area (Å²) in [7, 11) is 3.47. The Balaban J connectivity index is 0.00000484. The minimum absolute atomic E-state index is 0. The molecule has 0 unspecified atom stereocenters.